The Morgan fingerprint density at radius 1 is 1.31 bits per heavy atom. The van der Waals surface area contributed by atoms with Crippen molar-refractivity contribution < 1.29 is 0 Å². The summed E-state index contributed by atoms with van der Waals surface area (Å²) < 4.78 is 0. The molecule has 1 N–H and O–H groups in total. The minimum Gasteiger partial charge on any atom is -0.313 e. The number of alkyl halides is 1. The van der Waals surface area contributed by atoms with Gasteiger partial charge in [-0.2, -0.15) is 0 Å². The highest BCUT2D eigenvalue weighted by Gasteiger charge is 1.97. The van der Waals surface area contributed by atoms with Gasteiger partial charge in [-0.25, -0.2) is 0 Å². The molecule has 72 valence electrons. The van der Waals surface area contributed by atoms with Crippen LogP contribution in [-0.2, 0) is 6.42 Å². The van der Waals surface area contributed by atoms with Crippen molar-refractivity contribution in [1.82, 2.24) is 5.32 Å². The monoisotopic (exact) mass is 197 g/mol. The lowest BCUT2D eigenvalue weighted by atomic mass is 10.1. The molecule has 1 unspecified atom stereocenters. The predicted molar refractivity (Wildman–Crippen MR) is 58.3 cm³/mol. The van der Waals surface area contributed by atoms with E-state index in [9.17, 15) is 0 Å². The SMILES string of the molecule is CC(CCl)NCCc1ccccc1. The molecule has 1 nitrogen and oxygen atoms in total. The third-order valence-electron chi connectivity index (χ3n) is 1.98. The first-order valence-electron chi connectivity index (χ1n) is 4.66. The molecular weight excluding hydrogens is 182 g/mol. The average Bonchev–Trinajstić information content (AvgIpc) is 2.19. The highest BCUT2D eigenvalue weighted by Crippen LogP contribution is 1.98. The molecule has 2 heteroatoms. The van der Waals surface area contributed by atoms with Crippen molar-refractivity contribution in [3.63, 3.8) is 0 Å². The van der Waals surface area contributed by atoms with Crippen LogP contribution in [0.2, 0.25) is 0 Å². The first kappa shape index (κ1) is 10.6. The fourth-order valence-electron chi connectivity index (χ4n) is 1.16. The van der Waals surface area contributed by atoms with Gasteiger partial charge in [0.05, 0.1) is 0 Å². The summed E-state index contributed by atoms with van der Waals surface area (Å²) in [5.74, 6) is 0.675. The summed E-state index contributed by atoms with van der Waals surface area (Å²) in [5, 5.41) is 3.35. The largest absolute Gasteiger partial charge is 0.313 e. The van der Waals surface area contributed by atoms with E-state index in [1.165, 1.54) is 5.56 Å². The summed E-state index contributed by atoms with van der Waals surface area (Å²) >= 11 is 5.67. The Morgan fingerprint density at radius 2 is 2.00 bits per heavy atom. The minimum atomic E-state index is 0.408. The molecule has 1 aromatic rings. The second-order valence-corrected chi connectivity index (χ2v) is 3.55. The van der Waals surface area contributed by atoms with Crippen LogP contribution in [0, 0.1) is 0 Å². The number of benzene rings is 1. The standard InChI is InChI=1S/C11H16ClN/c1-10(9-12)13-8-7-11-5-3-2-4-6-11/h2-6,10,13H,7-9H2,1H3. The summed E-state index contributed by atoms with van der Waals surface area (Å²) in [7, 11) is 0. The number of halogens is 1. The Hall–Kier alpha value is -0.530. The van der Waals surface area contributed by atoms with Crippen molar-refractivity contribution >= 4 is 11.6 Å². The molecular formula is C11H16ClN. The van der Waals surface area contributed by atoms with Gasteiger partial charge in [0.15, 0.2) is 0 Å². The van der Waals surface area contributed by atoms with Gasteiger partial charge >= 0.3 is 0 Å². The Kier molecular flexibility index (Phi) is 4.87. The van der Waals surface area contributed by atoms with Crippen molar-refractivity contribution in [3.05, 3.63) is 35.9 Å². The fourth-order valence-corrected chi connectivity index (χ4v) is 1.27. The maximum atomic E-state index is 5.67. The second kappa shape index (κ2) is 6.01. The molecule has 1 rings (SSSR count). The average molecular weight is 198 g/mol. The van der Waals surface area contributed by atoms with Crippen LogP contribution in [0.25, 0.3) is 0 Å². The van der Waals surface area contributed by atoms with Gasteiger partial charge in [0, 0.05) is 11.9 Å². The lowest BCUT2D eigenvalue weighted by molar-refractivity contribution is 0.595. The summed E-state index contributed by atoms with van der Waals surface area (Å²) in [6.07, 6.45) is 1.07. The molecule has 0 heterocycles. The summed E-state index contributed by atoms with van der Waals surface area (Å²) in [4.78, 5) is 0. The first-order valence-corrected chi connectivity index (χ1v) is 5.19. The third kappa shape index (κ3) is 4.30. The van der Waals surface area contributed by atoms with Crippen LogP contribution >= 0.6 is 11.6 Å². The van der Waals surface area contributed by atoms with E-state index in [0.717, 1.165) is 13.0 Å². The van der Waals surface area contributed by atoms with Gasteiger partial charge in [-0.05, 0) is 25.5 Å². The normalized spacial score (nSPS) is 12.8. The van der Waals surface area contributed by atoms with E-state index in [-0.39, 0.29) is 0 Å². The molecule has 1 atom stereocenters. The molecule has 0 fully saturated rings. The summed E-state index contributed by atoms with van der Waals surface area (Å²) in [5.41, 5.74) is 1.37. The molecule has 0 aliphatic rings. The highest BCUT2D eigenvalue weighted by molar-refractivity contribution is 6.18. The van der Waals surface area contributed by atoms with Crippen LogP contribution in [0.3, 0.4) is 0 Å². The fraction of sp³-hybridized carbons (Fsp3) is 0.455. The van der Waals surface area contributed by atoms with E-state index in [2.05, 4.69) is 36.5 Å². The number of hydrogen-bond acceptors (Lipinski definition) is 1. The van der Waals surface area contributed by atoms with Crippen molar-refractivity contribution in [2.24, 2.45) is 0 Å². The van der Waals surface area contributed by atoms with Gasteiger partial charge in [0.25, 0.3) is 0 Å². The molecule has 0 amide bonds. The Balaban J connectivity index is 2.20. The van der Waals surface area contributed by atoms with Crippen molar-refractivity contribution in [1.29, 1.82) is 0 Å². The topological polar surface area (TPSA) is 12.0 Å². The quantitative estimate of drug-likeness (QED) is 0.716. The van der Waals surface area contributed by atoms with Gasteiger partial charge in [-0.1, -0.05) is 30.3 Å². The minimum absolute atomic E-state index is 0.408. The maximum absolute atomic E-state index is 5.67. The molecule has 0 aliphatic carbocycles. The van der Waals surface area contributed by atoms with Gasteiger partial charge in [0.2, 0.25) is 0 Å². The van der Waals surface area contributed by atoms with Crippen LogP contribution < -0.4 is 5.32 Å². The lowest BCUT2D eigenvalue weighted by Gasteiger charge is -2.09. The van der Waals surface area contributed by atoms with Crippen LogP contribution in [0.4, 0.5) is 0 Å². The van der Waals surface area contributed by atoms with E-state index in [0.29, 0.717) is 11.9 Å². The zero-order valence-corrected chi connectivity index (χ0v) is 8.72. The zero-order chi connectivity index (χ0) is 9.52. The molecule has 0 saturated heterocycles. The van der Waals surface area contributed by atoms with Crippen molar-refractivity contribution in [2.75, 3.05) is 12.4 Å². The van der Waals surface area contributed by atoms with Crippen molar-refractivity contribution in [3.8, 4) is 0 Å². The predicted octanol–water partition coefficient (Wildman–Crippen LogP) is 2.45. The van der Waals surface area contributed by atoms with E-state index in [1.54, 1.807) is 0 Å². The Morgan fingerprint density at radius 3 is 2.62 bits per heavy atom. The maximum Gasteiger partial charge on any atom is 0.0374 e. The molecule has 0 saturated carbocycles. The number of nitrogens with one attached hydrogen (secondary N) is 1. The van der Waals surface area contributed by atoms with Gasteiger partial charge in [-0.3, -0.25) is 0 Å². The molecule has 0 spiro atoms. The lowest BCUT2D eigenvalue weighted by Crippen LogP contribution is -2.29. The highest BCUT2D eigenvalue weighted by atomic mass is 35.5. The molecule has 0 aliphatic heterocycles. The Bertz CT molecular complexity index is 223. The van der Waals surface area contributed by atoms with Crippen LogP contribution in [0.15, 0.2) is 30.3 Å². The van der Waals surface area contributed by atoms with E-state index >= 15 is 0 Å². The van der Waals surface area contributed by atoms with Crippen molar-refractivity contribution in [2.45, 2.75) is 19.4 Å². The van der Waals surface area contributed by atoms with Crippen LogP contribution in [0.1, 0.15) is 12.5 Å². The van der Waals surface area contributed by atoms with E-state index in [4.69, 9.17) is 11.6 Å². The molecule has 13 heavy (non-hydrogen) atoms. The van der Waals surface area contributed by atoms with Gasteiger partial charge in [0.1, 0.15) is 0 Å². The van der Waals surface area contributed by atoms with Gasteiger partial charge in [-0.15, -0.1) is 11.6 Å². The molecule has 1 aromatic carbocycles. The zero-order valence-electron chi connectivity index (χ0n) is 7.96. The molecule has 0 aromatic heterocycles. The third-order valence-corrected chi connectivity index (χ3v) is 2.44. The smallest absolute Gasteiger partial charge is 0.0374 e. The second-order valence-electron chi connectivity index (χ2n) is 3.25. The summed E-state index contributed by atoms with van der Waals surface area (Å²) in [6.45, 7) is 3.09. The van der Waals surface area contributed by atoms with Crippen LogP contribution in [-0.4, -0.2) is 18.5 Å². The molecule has 0 bridgehead atoms. The number of rotatable bonds is 5. The van der Waals surface area contributed by atoms with Crippen LogP contribution in [0.5, 0.6) is 0 Å². The molecule has 0 radical (unpaired) electrons. The van der Waals surface area contributed by atoms with Gasteiger partial charge < -0.3 is 5.32 Å². The number of hydrogen-bond donors (Lipinski definition) is 1. The van der Waals surface area contributed by atoms with E-state index < -0.39 is 0 Å². The summed E-state index contributed by atoms with van der Waals surface area (Å²) in [6, 6.07) is 10.9. The first-order chi connectivity index (χ1) is 6.33. The Labute approximate surface area is 85.1 Å². The van der Waals surface area contributed by atoms with E-state index in [1.807, 2.05) is 6.07 Å².